The van der Waals surface area contributed by atoms with Crippen LogP contribution in [0.1, 0.15) is 57.9 Å². The molecule has 0 bridgehead atoms. The normalized spacial score (nSPS) is 23.2. The molecule has 3 aliphatic rings. The van der Waals surface area contributed by atoms with Gasteiger partial charge in [-0.05, 0) is 99.2 Å². The van der Waals surface area contributed by atoms with Crippen molar-refractivity contribution in [2.75, 3.05) is 9.80 Å². The Morgan fingerprint density at radius 3 is 2.53 bits per heavy atom. The zero-order chi connectivity index (χ0) is 29.3. The monoisotopic (exact) mass is 584 g/mol. The lowest BCUT2D eigenvalue weighted by Crippen LogP contribution is -2.54. The number of benzene rings is 4. The van der Waals surface area contributed by atoms with Crippen LogP contribution in [0.5, 0.6) is 0 Å². The molecule has 0 amide bonds. The molecule has 2 heterocycles. The molecule has 3 nitrogen and oxygen atoms in total. The Hall–Kier alpha value is -3.95. The largest absolute Gasteiger partial charge is 0.454 e. The molecule has 0 spiro atoms. The van der Waals surface area contributed by atoms with Gasteiger partial charge in [0.2, 0.25) is 0 Å². The number of furan rings is 1. The summed E-state index contributed by atoms with van der Waals surface area (Å²) in [5.74, 6) is 0. The lowest BCUT2D eigenvalue weighted by molar-refractivity contribution is 0.153. The summed E-state index contributed by atoms with van der Waals surface area (Å²) in [5, 5.41) is 2.95. The summed E-state index contributed by atoms with van der Waals surface area (Å²) in [6, 6.07) is 30.0. The standard InChI is InChI=1S/C39H37ClN2O/c1-26-22-29(25-30(23-26)42-34-17-6-5-16-33(34)38(2)20-8-9-21-39(38,42)3)41(28-13-10-12-27(40)24-28)35-18-11-15-32-31-14-4-7-19-36(31)43-37(32)35/h4-5,7,10-16,18-19,22-25H,6,8-9,17,20-21H2,1-3H3. The van der Waals surface area contributed by atoms with Crippen LogP contribution in [0.3, 0.4) is 0 Å². The Labute approximate surface area is 259 Å². The topological polar surface area (TPSA) is 19.6 Å². The van der Waals surface area contributed by atoms with Gasteiger partial charge in [0.1, 0.15) is 5.58 Å². The molecule has 4 heteroatoms. The van der Waals surface area contributed by atoms with E-state index < -0.39 is 0 Å². The first kappa shape index (κ1) is 26.7. The fourth-order valence-electron chi connectivity index (χ4n) is 8.35. The van der Waals surface area contributed by atoms with Gasteiger partial charge >= 0.3 is 0 Å². The van der Waals surface area contributed by atoms with Crippen molar-refractivity contribution < 1.29 is 4.42 Å². The molecule has 4 aromatic carbocycles. The lowest BCUT2D eigenvalue weighted by atomic mass is 9.60. The molecule has 1 aromatic heterocycles. The number of fused-ring (bicyclic) bond motifs is 5. The van der Waals surface area contributed by atoms with E-state index in [1.807, 2.05) is 30.3 Å². The fourth-order valence-corrected chi connectivity index (χ4v) is 8.54. The lowest BCUT2D eigenvalue weighted by Gasteiger charge is -2.51. The van der Waals surface area contributed by atoms with Gasteiger partial charge in [-0.1, -0.05) is 79.9 Å². The van der Waals surface area contributed by atoms with Crippen LogP contribution in [0, 0.1) is 12.3 Å². The molecule has 0 radical (unpaired) electrons. The van der Waals surface area contributed by atoms with Crippen LogP contribution in [-0.4, -0.2) is 5.54 Å². The maximum Gasteiger partial charge on any atom is 0.159 e. The number of hydrogen-bond acceptors (Lipinski definition) is 3. The van der Waals surface area contributed by atoms with Crippen LogP contribution in [0.15, 0.2) is 113 Å². The average Bonchev–Trinajstić information content (AvgIpc) is 3.48. The Bertz CT molecular complexity index is 1970. The zero-order valence-corrected chi connectivity index (χ0v) is 25.9. The number of rotatable bonds is 4. The molecule has 8 rings (SSSR count). The summed E-state index contributed by atoms with van der Waals surface area (Å²) in [6.45, 7) is 7.26. The van der Waals surface area contributed by atoms with E-state index in [0.717, 1.165) is 51.8 Å². The van der Waals surface area contributed by atoms with Crippen molar-refractivity contribution in [2.24, 2.45) is 5.41 Å². The highest BCUT2D eigenvalue weighted by molar-refractivity contribution is 6.31. The van der Waals surface area contributed by atoms with Crippen LogP contribution in [-0.2, 0) is 0 Å². The molecule has 0 N–H and O–H groups in total. The SMILES string of the molecule is Cc1cc(N(c2cccc(Cl)c2)c2cccc3c2oc2ccccc23)cc(N2C3=C(C=CCC3)C3(C)CCCCC23C)c1. The van der Waals surface area contributed by atoms with E-state index in [2.05, 4.69) is 97.3 Å². The Morgan fingerprint density at radius 1 is 0.837 bits per heavy atom. The minimum atomic E-state index is 0.0370. The fraction of sp³-hybridized carbons (Fsp3) is 0.282. The van der Waals surface area contributed by atoms with E-state index in [1.165, 1.54) is 42.6 Å². The van der Waals surface area contributed by atoms with Gasteiger partial charge in [-0.2, -0.15) is 0 Å². The van der Waals surface area contributed by atoms with E-state index in [1.54, 1.807) is 5.57 Å². The molecule has 2 unspecified atom stereocenters. The van der Waals surface area contributed by atoms with Crippen molar-refractivity contribution >= 4 is 56.3 Å². The molecule has 2 aliphatic carbocycles. The summed E-state index contributed by atoms with van der Waals surface area (Å²) in [6.07, 6.45) is 12.0. The third kappa shape index (κ3) is 3.94. The zero-order valence-electron chi connectivity index (χ0n) is 25.2. The van der Waals surface area contributed by atoms with Gasteiger partial charge in [0.15, 0.2) is 5.58 Å². The number of para-hydroxylation sites is 2. The maximum absolute atomic E-state index is 6.63. The molecule has 0 saturated heterocycles. The van der Waals surface area contributed by atoms with Gasteiger partial charge in [0, 0.05) is 44.0 Å². The summed E-state index contributed by atoms with van der Waals surface area (Å²) in [5.41, 5.74) is 10.6. The third-order valence-corrected chi connectivity index (χ3v) is 10.8. The van der Waals surface area contributed by atoms with Crippen molar-refractivity contribution in [1.82, 2.24) is 0 Å². The second-order valence-electron chi connectivity index (χ2n) is 13.0. The predicted molar refractivity (Wildman–Crippen MR) is 181 cm³/mol. The van der Waals surface area contributed by atoms with Gasteiger partial charge in [-0.3, -0.25) is 0 Å². The van der Waals surface area contributed by atoms with E-state index in [9.17, 15) is 0 Å². The first-order valence-corrected chi connectivity index (χ1v) is 16.0. The van der Waals surface area contributed by atoms with E-state index in [-0.39, 0.29) is 11.0 Å². The van der Waals surface area contributed by atoms with E-state index in [0.29, 0.717) is 5.02 Å². The Kier molecular flexibility index (Phi) is 6.07. The highest BCUT2D eigenvalue weighted by Crippen LogP contribution is 2.62. The number of anilines is 4. The molecule has 1 aliphatic heterocycles. The molecular weight excluding hydrogens is 548 g/mol. The van der Waals surface area contributed by atoms with E-state index in [4.69, 9.17) is 16.0 Å². The van der Waals surface area contributed by atoms with Gasteiger partial charge in [0.05, 0.1) is 11.2 Å². The molecular formula is C39H37ClN2O. The summed E-state index contributed by atoms with van der Waals surface area (Å²) in [7, 11) is 0. The summed E-state index contributed by atoms with van der Waals surface area (Å²) < 4.78 is 6.57. The second-order valence-corrected chi connectivity index (χ2v) is 13.5. The first-order valence-electron chi connectivity index (χ1n) is 15.7. The van der Waals surface area contributed by atoms with E-state index >= 15 is 0 Å². The number of halogens is 1. The van der Waals surface area contributed by atoms with Crippen LogP contribution in [0.25, 0.3) is 21.9 Å². The van der Waals surface area contributed by atoms with Crippen molar-refractivity contribution in [2.45, 2.75) is 64.8 Å². The van der Waals surface area contributed by atoms with Crippen molar-refractivity contribution in [3.63, 3.8) is 0 Å². The Morgan fingerprint density at radius 2 is 1.65 bits per heavy atom. The van der Waals surface area contributed by atoms with Gasteiger partial charge in [-0.15, -0.1) is 0 Å². The minimum absolute atomic E-state index is 0.0370. The van der Waals surface area contributed by atoms with Gasteiger partial charge in [-0.25, -0.2) is 0 Å². The van der Waals surface area contributed by atoms with Gasteiger partial charge < -0.3 is 14.2 Å². The average molecular weight is 585 g/mol. The minimum Gasteiger partial charge on any atom is -0.454 e. The van der Waals surface area contributed by atoms with Crippen molar-refractivity contribution in [3.05, 3.63) is 119 Å². The number of nitrogens with zero attached hydrogens (tertiary/aromatic N) is 2. The molecule has 216 valence electrons. The van der Waals surface area contributed by atoms with Gasteiger partial charge in [0.25, 0.3) is 0 Å². The summed E-state index contributed by atoms with van der Waals surface area (Å²) in [4.78, 5) is 5.06. The Balaban J connectivity index is 1.36. The molecule has 1 fully saturated rings. The quantitative estimate of drug-likeness (QED) is 0.209. The molecule has 2 atom stereocenters. The number of aryl methyl sites for hydroxylation is 1. The first-order chi connectivity index (χ1) is 20.9. The third-order valence-electron chi connectivity index (χ3n) is 10.5. The number of hydrogen-bond donors (Lipinski definition) is 0. The highest BCUT2D eigenvalue weighted by atomic mass is 35.5. The van der Waals surface area contributed by atoms with Crippen LogP contribution in [0.2, 0.25) is 5.02 Å². The second kappa shape index (κ2) is 9.79. The smallest absolute Gasteiger partial charge is 0.159 e. The van der Waals surface area contributed by atoms with Crippen LogP contribution >= 0.6 is 11.6 Å². The van der Waals surface area contributed by atoms with Crippen molar-refractivity contribution in [3.8, 4) is 0 Å². The van der Waals surface area contributed by atoms with Crippen LogP contribution in [0.4, 0.5) is 22.7 Å². The van der Waals surface area contributed by atoms with Crippen LogP contribution < -0.4 is 9.80 Å². The molecule has 5 aromatic rings. The van der Waals surface area contributed by atoms with Crippen molar-refractivity contribution in [1.29, 1.82) is 0 Å². The summed E-state index contributed by atoms with van der Waals surface area (Å²) >= 11 is 6.63. The highest BCUT2D eigenvalue weighted by Gasteiger charge is 2.58. The maximum atomic E-state index is 6.63. The number of allylic oxidation sites excluding steroid dienone is 3. The molecule has 43 heavy (non-hydrogen) atoms. The predicted octanol–water partition coefficient (Wildman–Crippen LogP) is 11.8. The molecule has 1 saturated carbocycles.